The summed E-state index contributed by atoms with van der Waals surface area (Å²) in [6.45, 7) is 1.96. The zero-order valence-electron chi connectivity index (χ0n) is 17.8. The number of hydrogen-bond acceptors (Lipinski definition) is 6. The van der Waals surface area contributed by atoms with Crippen molar-refractivity contribution in [1.29, 1.82) is 0 Å². The summed E-state index contributed by atoms with van der Waals surface area (Å²) in [5.41, 5.74) is 2.54. The molecule has 1 aromatic heterocycles. The highest BCUT2D eigenvalue weighted by Gasteiger charge is 2.22. The highest BCUT2D eigenvalue weighted by atomic mass is 35.5. The van der Waals surface area contributed by atoms with Gasteiger partial charge in [0.05, 0.1) is 20.8 Å². The van der Waals surface area contributed by atoms with Crippen molar-refractivity contribution in [2.75, 3.05) is 26.1 Å². The van der Waals surface area contributed by atoms with Crippen LogP contribution in [0, 0.1) is 0 Å². The third-order valence-corrected chi connectivity index (χ3v) is 5.64. The first kappa shape index (κ1) is 23.4. The van der Waals surface area contributed by atoms with Crippen molar-refractivity contribution in [3.8, 4) is 22.6 Å². The molecule has 0 unspecified atom stereocenters. The Morgan fingerprint density at radius 2 is 1.78 bits per heavy atom. The summed E-state index contributed by atoms with van der Waals surface area (Å²) in [5, 5.41) is 5.60. The van der Waals surface area contributed by atoms with E-state index in [9.17, 15) is 9.59 Å². The number of nitrogens with one attached hydrogen (secondary N) is 1. The monoisotopic (exact) mass is 471 g/mol. The minimum absolute atomic E-state index is 0.224. The molecule has 0 saturated heterocycles. The van der Waals surface area contributed by atoms with Gasteiger partial charge in [-0.05, 0) is 48.4 Å². The molecular weight excluding hydrogens is 450 g/mol. The Morgan fingerprint density at radius 3 is 2.44 bits per heavy atom. The first-order chi connectivity index (χ1) is 15.5. The third kappa shape index (κ3) is 5.49. The summed E-state index contributed by atoms with van der Waals surface area (Å²) in [5.74, 6) is 0.278. The van der Waals surface area contributed by atoms with Crippen LogP contribution >= 0.6 is 22.9 Å². The van der Waals surface area contributed by atoms with Gasteiger partial charge in [0.15, 0.2) is 11.5 Å². The quantitative estimate of drug-likeness (QED) is 0.326. The molecule has 32 heavy (non-hydrogen) atoms. The Morgan fingerprint density at radius 1 is 1.06 bits per heavy atom. The van der Waals surface area contributed by atoms with Crippen molar-refractivity contribution in [3.05, 3.63) is 70.1 Å². The van der Waals surface area contributed by atoms with Gasteiger partial charge in [0, 0.05) is 22.0 Å². The maximum atomic E-state index is 12.6. The molecule has 1 heterocycles. The number of anilines is 1. The zero-order valence-corrected chi connectivity index (χ0v) is 19.4. The molecule has 8 heteroatoms. The minimum Gasteiger partial charge on any atom is -0.493 e. The lowest BCUT2D eigenvalue weighted by atomic mass is 10.0. The Bertz CT molecular complexity index is 1140. The van der Waals surface area contributed by atoms with Gasteiger partial charge in [0.2, 0.25) is 5.91 Å². The molecule has 1 N–H and O–H groups in total. The molecule has 0 aliphatic carbocycles. The molecule has 6 nitrogen and oxygen atoms in total. The predicted molar refractivity (Wildman–Crippen MR) is 128 cm³/mol. The third-order valence-electron chi connectivity index (χ3n) is 4.50. The fourth-order valence-electron chi connectivity index (χ4n) is 2.98. The van der Waals surface area contributed by atoms with E-state index in [1.54, 1.807) is 57.6 Å². The number of rotatable bonds is 8. The molecule has 0 saturated carbocycles. The lowest BCUT2D eigenvalue weighted by molar-refractivity contribution is -0.111. The maximum Gasteiger partial charge on any atom is 0.341 e. The molecule has 0 spiro atoms. The molecule has 3 rings (SSSR count). The molecule has 1 amide bonds. The molecule has 166 valence electrons. The Labute approximate surface area is 195 Å². The van der Waals surface area contributed by atoms with Gasteiger partial charge in [-0.15, -0.1) is 11.3 Å². The smallest absolute Gasteiger partial charge is 0.341 e. The fraction of sp³-hybridized carbons (Fsp3) is 0.167. The summed E-state index contributed by atoms with van der Waals surface area (Å²) >= 11 is 7.23. The van der Waals surface area contributed by atoms with Crippen LogP contribution in [0.5, 0.6) is 11.5 Å². The molecule has 0 aliphatic rings. The van der Waals surface area contributed by atoms with Gasteiger partial charge in [-0.1, -0.05) is 29.8 Å². The Balaban J connectivity index is 1.84. The van der Waals surface area contributed by atoms with Crippen molar-refractivity contribution in [2.45, 2.75) is 6.92 Å². The zero-order chi connectivity index (χ0) is 23.1. The van der Waals surface area contributed by atoms with Crippen molar-refractivity contribution in [1.82, 2.24) is 0 Å². The van der Waals surface area contributed by atoms with E-state index >= 15 is 0 Å². The molecule has 0 aliphatic heterocycles. The first-order valence-electron chi connectivity index (χ1n) is 9.72. The number of hydrogen-bond donors (Lipinski definition) is 1. The maximum absolute atomic E-state index is 12.6. The van der Waals surface area contributed by atoms with Crippen molar-refractivity contribution in [3.63, 3.8) is 0 Å². The highest BCUT2D eigenvalue weighted by Crippen LogP contribution is 2.36. The van der Waals surface area contributed by atoms with Gasteiger partial charge in [0.25, 0.3) is 0 Å². The van der Waals surface area contributed by atoms with E-state index in [2.05, 4.69) is 5.32 Å². The van der Waals surface area contributed by atoms with Crippen molar-refractivity contribution >= 4 is 45.9 Å². The molecular formula is C24H22ClNO5S. The van der Waals surface area contributed by atoms with Crippen LogP contribution < -0.4 is 14.8 Å². The molecule has 3 aromatic rings. The van der Waals surface area contributed by atoms with E-state index in [0.717, 1.165) is 11.1 Å². The predicted octanol–water partition coefficient (Wildman–Crippen LogP) is 5.91. The van der Waals surface area contributed by atoms with Gasteiger partial charge in [-0.3, -0.25) is 4.79 Å². The lowest BCUT2D eigenvalue weighted by Gasteiger charge is -2.08. The van der Waals surface area contributed by atoms with Crippen LogP contribution in [0.3, 0.4) is 0 Å². The van der Waals surface area contributed by atoms with E-state index < -0.39 is 5.97 Å². The average molecular weight is 472 g/mol. The average Bonchev–Trinajstić information content (AvgIpc) is 3.21. The van der Waals surface area contributed by atoms with Gasteiger partial charge in [0.1, 0.15) is 10.6 Å². The molecule has 0 fully saturated rings. The summed E-state index contributed by atoms with van der Waals surface area (Å²) in [7, 11) is 3.10. The number of methoxy groups -OCH3 is 2. The van der Waals surface area contributed by atoms with E-state index in [1.807, 2.05) is 17.5 Å². The van der Waals surface area contributed by atoms with Crippen LogP contribution in [0.1, 0.15) is 22.8 Å². The van der Waals surface area contributed by atoms with Gasteiger partial charge >= 0.3 is 5.97 Å². The second-order valence-corrected chi connectivity index (χ2v) is 7.83. The van der Waals surface area contributed by atoms with Crippen LogP contribution in [0.15, 0.2) is 53.9 Å². The second-order valence-electron chi connectivity index (χ2n) is 6.52. The molecule has 0 radical (unpaired) electrons. The number of benzene rings is 2. The first-order valence-corrected chi connectivity index (χ1v) is 11.0. The number of amides is 1. The van der Waals surface area contributed by atoms with Crippen molar-refractivity contribution < 1.29 is 23.8 Å². The molecule has 0 atom stereocenters. The van der Waals surface area contributed by atoms with Gasteiger partial charge in [-0.2, -0.15) is 0 Å². The lowest BCUT2D eigenvalue weighted by Crippen LogP contribution is -2.12. The van der Waals surface area contributed by atoms with Crippen molar-refractivity contribution in [2.24, 2.45) is 0 Å². The Kier molecular flexibility index (Phi) is 7.92. The van der Waals surface area contributed by atoms with Gasteiger partial charge in [-0.25, -0.2) is 4.79 Å². The van der Waals surface area contributed by atoms with Crippen LogP contribution in [0.25, 0.3) is 17.2 Å². The number of ether oxygens (including phenoxy) is 3. The summed E-state index contributed by atoms with van der Waals surface area (Å²) < 4.78 is 15.7. The fourth-order valence-corrected chi connectivity index (χ4v) is 4.07. The van der Waals surface area contributed by atoms with E-state index in [-0.39, 0.29) is 12.5 Å². The topological polar surface area (TPSA) is 73.9 Å². The molecule has 2 aromatic carbocycles. The largest absolute Gasteiger partial charge is 0.493 e. The number of carbonyl (C=O) groups is 2. The SMILES string of the molecule is CCOC(=O)c1c(-c2ccc(Cl)cc2)csc1NC(=O)C=Cc1ccc(OC)c(OC)c1. The van der Waals surface area contributed by atoms with Crippen LogP contribution in [-0.4, -0.2) is 32.7 Å². The van der Waals surface area contributed by atoms with Gasteiger partial charge < -0.3 is 19.5 Å². The number of thiophene rings is 1. The highest BCUT2D eigenvalue weighted by molar-refractivity contribution is 7.15. The summed E-state index contributed by atoms with van der Waals surface area (Å²) in [6, 6.07) is 12.4. The number of carbonyl (C=O) groups excluding carboxylic acids is 2. The Hall–Kier alpha value is -3.29. The summed E-state index contributed by atoms with van der Waals surface area (Å²) in [4.78, 5) is 25.2. The normalized spacial score (nSPS) is 10.8. The van der Waals surface area contributed by atoms with Crippen LogP contribution in [-0.2, 0) is 9.53 Å². The standard InChI is InChI=1S/C24H22ClNO5S/c1-4-31-24(28)22-18(16-7-9-17(25)10-8-16)14-32-23(22)26-21(27)12-6-15-5-11-19(29-2)20(13-15)30-3/h5-14H,4H2,1-3H3,(H,26,27). The number of esters is 1. The molecule has 0 bridgehead atoms. The van der Waals surface area contributed by atoms with E-state index in [0.29, 0.717) is 32.6 Å². The number of halogens is 1. The van der Waals surface area contributed by atoms with E-state index in [1.165, 1.54) is 17.4 Å². The van der Waals surface area contributed by atoms with Crippen LogP contribution in [0.2, 0.25) is 5.02 Å². The summed E-state index contributed by atoms with van der Waals surface area (Å²) in [6.07, 6.45) is 3.03. The minimum atomic E-state index is -0.502. The van der Waals surface area contributed by atoms with E-state index in [4.69, 9.17) is 25.8 Å². The van der Waals surface area contributed by atoms with Crippen LogP contribution in [0.4, 0.5) is 5.00 Å². The second kappa shape index (κ2) is 10.8.